The molecule has 1 atom stereocenters. The highest BCUT2D eigenvalue weighted by Gasteiger charge is 2.19. The maximum absolute atomic E-state index is 12.9. The molecule has 0 aliphatic heterocycles. The van der Waals surface area contributed by atoms with E-state index in [0.29, 0.717) is 19.3 Å². The van der Waals surface area contributed by atoms with Gasteiger partial charge in [0.25, 0.3) is 0 Å². The summed E-state index contributed by atoms with van der Waals surface area (Å²) in [5.41, 5.74) is 0. The maximum atomic E-state index is 12.9. The number of hydrogen-bond acceptors (Lipinski definition) is 6. The van der Waals surface area contributed by atoms with Crippen molar-refractivity contribution in [1.29, 1.82) is 0 Å². The van der Waals surface area contributed by atoms with Crippen molar-refractivity contribution in [3.05, 3.63) is 85.1 Å². The van der Waals surface area contributed by atoms with Crippen LogP contribution in [0.1, 0.15) is 278 Å². The molecule has 0 N–H and O–H groups in total. The first-order valence-electron chi connectivity index (χ1n) is 29.1. The van der Waals surface area contributed by atoms with Crippen LogP contribution in [-0.4, -0.2) is 37.2 Å². The third-order valence-corrected chi connectivity index (χ3v) is 12.5. The van der Waals surface area contributed by atoms with Gasteiger partial charge in [-0.2, -0.15) is 0 Å². The second-order valence-electron chi connectivity index (χ2n) is 19.3. The van der Waals surface area contributed by atoms with Gasteiger partial charge in [-0.25, -0.2) is 0 Å². The summed E-state index contributed by atoms with van der Waals surface area (Å²) in [6.45, 7) is 6.49. The zero-order chi connectivity index (χ0) is 50.0. The van der Waals surface area contributed by atoms with Crippen molar-refractivity contribution in [3.63, 3.8) is 0 Å². The molecule has 0 fully saturated rings. The van der Waals surface area contributed by atoms with Crippen molar-refractivity contribution in [2.45, 2.75) is 284 Å². The van der Waals surface area contributed by atoms with E-state index in [4.69, 9.17) is 14.2 Å². The van der Waals surface area contributed by atoms with Crippen LogP contribution in [0.15, 0.2) is 85.1 Å². The summed E-state index contributed by atoms with van der Waals surface area (Å²) in [4.78, 5) is 38.2. The Morgan fingerprint density at radius 2 is 0.623 bits per heavy atom. The van der Waals surface area contributed by atoms with Gasteiger partial charge >= 0.3 is 17.9 Å². The molecule has 0 saturated carbocycles. The first kappa shape index (κ1) is 65.6. The molecule has 69 heavy (non-hydrogen) atoms. The van der Waals surface area contributed by atoms with Crippen molar-refractivity contribution in [3.8, 4) is 0 Å². The number of carbonyl (C=O) groups is 3. The van der Waals surface area contributed by atoms with Gasteiger partial charge in [0.05, 0.1) is 0 Å². The molecule has 0 heterocycles. The van der Waals surface area contributed by atoms with Crippen molar-refractivity contribution >= 4 is 17.9 Å². The number of rotatable bonds is 52. The summed E-state index contributed by atoms with van der Waals surface area (Å²) in [5.74, 6) is -0.906. The molecule has 0 aromatic carbocycles. The van der Waals surface area contributed by atoms with E-state index in [0.717, 1.165) is 103 Å². The molecule has 0 bridgehead atoms. The van der Waals surface area contributed by atoms with Crippen molar-refractivity contribution in [2.24, 2.45) is 0 Å². The smallest absolute Gasteiger partial charge is 0.306 e. The molecule has 6 nitrogen and oxygen atoms in total. The van der Waals surface area contributed by atoms with Crippen molar-refractivity contribution in [1.82, 2.24) is 0 Å². The molecular formula is C63H108O6. The van der Waals surface area contributed by atoms with Crippen LogP contribution in [0.3, 0.4) is 0 Å². The second kappa shape index (κ2) is 57.2. The zero-order valence-corrected chi connectivity index (χ0v) is 45.3. The van der Waals surface area contributed by atoms with Crippen LogP contribution in [0.5, 0.6) is 0 Å². The minimum Gasteiger partial charge on any atom is -0.462 e. The second-order valence-corrected chi connectivity index (χ2v) is 19.3. The maximum Gasteiger partial charge on any atom is 0.306 e. The van der Waals surface area contributed by atoms with E-state index in [1.165, 1.54) is 135 Å². The van der Waals surface area contributed by atoms with E-state index in [2.05, 4.69) is 106 Å². The highest BCUT2D eigenvalue weighted by Crippen LogP contribution is 2.16. The Morgan fingerprint density at radius 3 is 1.04 bits per heavy atom. The first-order chi connectivity index (χ1) is 34.0. The zero-order valence-electron chi connectivity index (χ0n) is 45.3. The van der Waals surface area contributed by atoms with Gasteiger partial charge in [0.1, 0.15) is 13.2 Å². The molecule has 0 aromatic heterocycles. The fraction of sp³-hybridized carbons (Fsp3) is 0.730. The van der Waals surface area contributed by atoms with Crippen molar-refractivity contribution in [2.75, 3.05) is 13.2 Å². The van der Waals surface area contributed by atoms with Crippen LogP contribution in [0.25, 0.3) is 0 Å². The minimum absolute atomic E-state index is 0.0860. The third kappa shape index (κ3) is 55.4. The molecule has 0 amide bonds. The topological polar surface area (TPSA) is 78.9 Å². The van der Waals surface area contributed by atoms with E-state index in [1.807, 2.05) is 0 Å². The average Bonchev–Trinajstić information content (AvgIpc) is 3.35. The molecule has 0 radical (unpaired) electrons. The van der Waals surface area contributed by atoms with E-state index in [1.54, 1.807) is 0 Å². The quantitative estimate of drug-likeness (QED) is 0.0199. The first-order valence-corrected chi connectivity index (χ1v) is 29.1. The molecule has 6 heteroatoms. The van der Waals surface area contributed by atoms with Gasteiger partial charge < -0.3 is 14.2 Å². The summed E-state index contributed by atoms with van der Waals surface area (Å²) in [6, 6.07) is 0. The van der Waals surface area contributed by atoms with Gasteiger partial charge in [0.2, 0.25) is 0 Å². The van der Waals surface area contributed by atoms with Crippen LogP contribution >= 0.6 is 0 Å². The lowest BCUT2D eigenvalue weighted by molar-refractivity contribution is -0.167. The van der Waals surface area contributed by atoms with Crippen LogP contribution < -0.4 is 0 Å². The number of hydrogen-bond donors (Lipinski definition) is 0. The van der Waals surface area contributed by atoms with Crippen LogP contribution in [-0.2, 0) is 28.6 Å². The average molecular weight is 962 g/mol. The summed E-state index contributed by atoms with van der Waals surface area (Å²) in [7, 11) is 0. The lowest BCUT2D eigenvalue weighted by atomic mass is 10.0. The molecular weight excluding hydrogens is 853 g/mol. The largest absolute Gasteiger partial charge is 0.462 e. The van der Waals surface area contributed by atoms with Gasteiger partial charge in [-0.05, 0) is 77.0 Å². The van der Waals surface area contributed by atoms with E-state index in [-0.39, 0.29) is 31.1 Å². The molecule has 396 valence electrons. The number of ether oxygens (including phenoxy) is 3. The van der Waals surface area contributed by atoms with Gasteiger partial charge in [0.15, 0.2) is 6.10 Å². The summed E-state index contributed by atoms with van der Waals surface area (Å²) in [6.07, 6.45) is 74.2. The van der Waals surface area contributed by atoms with Gasteiger partial charge in [-0.1, -0.05) is 266 Å². The molecule has 0 aliphatic rings. The number of unbranched alkanes of at least 4 members (excludes halogenated alkanes) is 30. The third-order valence-electron chi connectivity index (χ3n) is 12.5. The Morgan fingerprint density at radius 1 is 0.319 bits per heavy atom. The Hall–Kier alpha value is -3.41. The minimum atomic E-state index is -0.791. The Balaban J connectivity index is 4.42. The van der Waals surface area contributed by atoms with E-state index < -0.39 is 6.10 Å². The Kier molecular flexibility index (Phi) is 54.3. The standard InChI is InChI=1S/C63H108O6/c1-4-7-10-13-16-19-22-25-28-30-32-34-35-38-41-44-47-50-53-56-62(65)68-59-60(58-67-61(64)55-52-49-46-43-40-37-27-24-21-18-15-12-9-6-3)69-63(66)57-54-51-48-45-42-39-36-33-31-29-26-23-20-17-14-11-8-5-2/h7,10,16-17,19-20,23,25-26,28-29,31,33,36,60H,4-6,8-9,11-15,18,21-22,24,27,30,32,34-35,37-59H2,1-3H3/b10-7-,19-16-,20-17-,26-23-,28-25-,31-29-,36-33-. The molecule has 0 aliphatic carbocycles. The van der Waals surface area contributed by atoms with Gasteiger partial charge in [-0.3, -0.25) is 14.4 Å². The van der Waals surface area contributed by atoms with Crippen LogP contribution in [0.2, 0.25) is 0 Å². The number of carbonyl (C=O) groups excluding carboxylic acids is 3. The molecule has 1 unspecified atom stereocenters. The predicted octanol–water partition coefficient (Wildman–Crippen LogP) is 19.5. The molecule has 0 spiro atoms. The van der Waals surface area contributed by atoms with E-state index in [9.17, 15) is 14.4 Å². The fourth-order valence-corrected chi connectivity index (χ4v) is 8.12. The predicted molar refractivity (Wildman–Crippen MR) is 297 cm³/mol. The monoisotopic (exact) mass is 961 g/mol. The highest BCUT2D eigenvalue weighted by molar-refractivity contribution is 5.71. The summed E-state index contributed by atoms with van der Waals surface area (Å²) < 4.78 is 16.9. The van der Waals surface area contributed by atoms with Crippen LogP contribution in [0, 0.1) is 0 Å². The molecule has 0 saturated heterocycles. The number of esters is 3. The lowest BCUT2D eigenvalue weighted by Gasteiger charge is -2.18. The SMILES string of the molecule is CC/C=C\C/C=C\C/C=C\CCCCCCCCCCCC(=O)OCC(COC(=O)CCCCCCCCCCCCCCCC)OC(=O)CCCCCCC\C=C/C=C\C=C/C=C\CCCCC. The van der Waals surface area contributed by atoms with E-state index >= 15 is 0 Å². The Bertz CT molecular complexity index is 1330. The molecule has 0 aromatic rings. The molecule has 0 rings (SSSR count). The van der Waals surface area contributed by atoms with Crippen molar-refractivity contribution < 1.29 is 28.6 Å². The Labute approximate surface area is 426 Å². The lowest BCUT2D eigenvalue weighted by Crippen LogP contribution is -2.30. The summed E-state index contributed by atoms with van der Waals surface area (Å²) >= 11 is 0. The van der Waals surface area contributed by atoms with Gasteiger partial charge in [-0.15, -0.1) is 0 Å². The fourth-order valence-electron chi connectivity index (χ4n) is 8.12. The summed E-state index contributed by atoms with van der Waals surface area (Å²) in [5, 5.41) is 0. The highest BCUT2D eigenvalue weighted by atomic mass is 16.6. The van der Waals surface area contributed by atoms with Gasteiger partial charge in [0, 0.05) is 19.3 Å². The number of allylic oxidation sites excluding steroid dienone is 14. The van der Waals surface area contributed by atoms with Crippen LogP contribution in [0.4, 0.5) is 0 Å². The normalized spacial score (nSPS) is 12.7.